The maximum atomic E-state index is 13.4. The van der Waals surface area contributed by atoms with Gasteiger partial charge in [0.05, 0.1) is 9.79 Å². The number of benzene rings is 2. The predicted molar refractivity (Wildman–Crippen MR) is 104 cm³/mol. The molecule has 0 heterocycles. The van der Waals surface area contributed by atoms with Crippen molar-refractivity contribution in [3.63, 3.8) is 0 Å². The Labute approximate surface area is 169 Å². The van der Waals surface area contributed by atoms with Gasteiger partial charge < -0.3 is 0 Å². The second kappa shape index (κ2) is 8.10. The van der Waals surface area contributed by atoms with Gasteiger partial charge in [0.2, 0.25) is 20.0 Å². The number of hydrogen-bond donors (Lipinski definition) is 1. The highest BCUT2D eigenvalue weighted by Crippen LogP contribution is 2.32. The van der Waals surface area contributed by atoms with Gasteiger partial charge in [0.1, 0.15) is 11.6 Å². The van der Waals surface area contributed by atoms with Crippen LogP contribution in [0, 0.1) is 25.5 Å². The van der Waals surface area contributed by atoms with Gasteiger partial charge in [-0.15, -0.1) is 0 Å². The van der Waals surface area contributed by atoms with E-state index >= 15 is 0 Å². The summed E-state index contributed by atoms with van der Waals surface area (Å²) in [5, 5.41) is 0. The van der Waals surface area contributed by atoms with Crippen molar-refractivity contribution in [3.8, 4) is 0 Å². The molecule has 0 aromatic heterocycles. The number of halogens is 2. The fourth-order valence-corrected chi connectivity index (χ4v) is 6.31. The monoisotopic (exact) mass is 444 g/mol. The van der Waals surface area contributed by atoms with E-state index in [2.05, 4.69) is 4.72 Å². The van der Waals surface area contributed by atoms with E-state index in [1.54, 1.807) is 0 Å². The van der Waals surface area contributed by atoms with Crippen LogP contribution >= 0.6 is 0 Å². The van der Waals surface area contributed by atoms with Crippen molar-refractivity contribution < 1.29 is 25.6 Å². The molecule has 6 nitrogen and oxygen atoms in total. The molecule has 0 aliphatic heterocycles. The molecule has 10 heteroatoms. The first-order valence-corrected chi connectivity index (χ1v) is 12.0. The van der Waals surface area contributed by atoms with Gasteiger partial charge in [-0.2, -0.15) is 4.31 Å². The minimum atomic E-state index is -3.92. The Morgan fingerprint density at radius 3 is 1.93 bits per heavy atom. The van der Waals surface area contributed by atoms with Gasteiger partial charge in [-0.25, -0.2) is 30.3 Å². The highest BCUT2D eigenvalue weighted by molar-refractivity contribution is 7.89. The SMILES string of the molecule is Cc1cc(F)ccc1S(=O)(=O)NCCN(C1CC1)S(=O)(=O)c1ccc(F)cc1C. The normalized spacial score (nSPS) is 15.1. The van der Waals surface area contributed by atoms with Gasteiger partial charge in [-0.05, 0) is 74.2 Å². The number of sulfonamides is 2. The van der Waals surface area contributed by atoms with E-state index in [9.17, 15) is 25.6 Å². The summed E-state index contributed by atoms with van der Waals surface area (Å²) in [5.41, 5.74) is 0.546. The Balaban J connectivity index is 1.76. The zero-order chi connectivity index (χ0) is 21.4. The van der Waals surface area contributed by atoms with Crippen molar-refractivity contribution >= 4 is 20.0 Å². The molecule has 0 spiro atoms. The molecule has 0 radical (unpaired) electrons. The van der Waals surface area contributed by atoms with Crippen LogP contribution in [0.15, 0.2) is 46.2 Å². The van der Waals surface area contributed by atoms with Gasteiger partial charge in [-0.3, -0.25) is 0 Å². The summed E-state index contributed by atoms with van der Waals surface area (Å²) in [5.74, 6) is -1.07. The number of nitrogens with zero attached hydrogens (tertiary/aromatic N) is 1. The summed E-state index contributed by atoms with van der Waals surface area (Å²) in [7, 11) is -7.82. The predicted octanol–water partition coefficient (Wildman–Crippen LogP) is 2.71. The topological polar surface area (TPSA) is 83.6 Å². The fourth-order valence-electron chi connectivity index (χ4n) is 3.17. The lowest BCUT2D eigenvalue weighted by Gasteiger charge is -2.23. The van der Waals surface area contributed by atoms with Crippen LogP contribution in [0.1, 0.15) is 24.0 Å². The lowest BCUT2D eigenvalue weighted by molar-refractivity contribution is 0.405. The number of nitrogens with one attached hydrogen (secondary N) is 1. The summed E-state index contributed by atoms with van der Waals surface area (Å²) < 4.78 is 81.3. The van der Waals surface area contributed by atoms with Gasteiger partial charge in [0.15, 0.2) is 0 Å². The molecule has 2 aromatic rings. The van der Waals surface area contributed by atoms with Gasteiger partial charge in [0, 0.05) is 19.1 Å². The third kappa shape index (κ3) is 4.82. The van der Waals surface area contributed by atoms with Crippen LogP contribution in [-0.2, 0) is 20.0 Å². The molecule has 158 valence electrons. The van der Waals surface area contributed by atoms with Gasteiger partial charge >= 0.3 is 0 Å². The van der Waals surface area contributed by atoms with Crippen LogP contribution in [0.2, 0.25) is 0 Å². The molecule has 1 fully saturated rings. The van der Waals surface area contributed by atoms with Crippen molar-refractivity contribution in [2.75, 3.05) is 13.1 Å². The molecule has 29 heavy (non-hydrogen) atoms. The van der Waals surface area contributed by atoms with E-state index < -0.39 is 31.7 Å². The minimum absolute atomic E-state index is 0.00281. The van der Waals surface area contributed by atoms with E-state index in [1.165, 1.54) is 30.3 Å². The van der Waals surface area contributed by atoms with E-state index in [0.717, 1.165) is 24.3 Å². The van der Waals surface area contributed by atoms with E-state index in [4.69, 9.17) is 0 Å². The van der Waals surface area contributed by atoms with Gasteiger partial charge in [-0.1, -0.05) is 0 Å². The first kappa shape index (κ1) is 21.8. The zero-order valence-corrected chi connectivity index (χ0v) is 17.7. The van der Waals surface area contributed by atoms with Crippen LogP contribution in [0.3, 0.4) is 0 Å². The smallest absolute Gasteiger partial charge is 0.210 e. The molecule has 0 amide bonds. The number of hydrogen-bond acceptors (Lipinski definition) is 4. The summed E-state index contributed by atoms with van der Waals surface area (Å²) >= 11 is 0. The Kier molecular flexibility index (Phi) is 6.09. The largest absolute Gasteiger partial charge is 0.243 e. The molecule has 0 unspecified atom stereocenters. The Bertz CT molecular complexity index is 1130. The lowest BCUT2D eigenvalue weighted by atomic mass is 10.2. The number of aryl methyl sites for hydroxylation is 2. The molecular formula is C19H22F2N2O4S2. The highest BCUT2D eigenvalue weighted by atomic mass is 32.2. The maximum absolute atomic E-state index is 13.4. The van der Waals surface area contributed by atoms with Crippen molar-refractivity contribution in [3.05, 3.63) is 59.2 Å². The molecule has 3 rings (SSSR count). The average Bonchev–Trinajstić information content (AvgIpc) is 3.42. The van der Waals surface area contributed by atoms with Crippen molar-refractivity contribution in [1.82, 2.24) is 9.03 Å². The average molecular weight is 445 g/mol. The molecule has 1 aliphatic carbocycles. The zero-order valence-electron chi connectivity index (χ0n) is 16.0. The van der Waals surface area contributed by atoms with Gasteiger partial charge in [0.25, 0.3) is 0 Å². The van der Waals surface area contributed by atoms with Crippen LogP contribution in [0.5, 0.6) is 0 Å². The van der Waals surface area contributed by atoms with Crippen molar-refractivity contribution in [2.45, 2.75) is 42.5 Å². The third-order valence-corrected chi connectivity index (χ3v) is 8.46. The fraction of sp³-hybridized carbons (Fsp3) is 0.368. The van der Waals surface area contributed by atoms with Crippen molar-refractivity contribution in [2.24, 2.45) is 0 Å². The minimum Gasteiger partial charge on any atom is -0.210 e. The molecule has 1 N–H and O–H groups in total. The van der Waals surface area contributed by atoms with E-state index in [-0.39, 0.29) is 40.0 Å². The summed E-state index contributed by atoms with van der Waals surface area (Å²) in [6, 6.07) is 6.60. The van der Waals surface area contributed by atoms with Crippen LogP contribution in [0.4, 0.5) is 8.78 Å². The lowest BCUT2D eigenvalue weighted by Crippen LogP contribution is -2.40. The van der Waals surface area contributed by atoms with Crippen LogP contribution in [0.25, 0.3) is 0 Å². The first-order valence-electron chi connectivity index (χ1n) is 9.06. The quantitative estimate of drug-likeness (QED) is 0.679. The molecule has 0 bridgehead atoms. The summed E-state index contributed by atoms with van der Waals surface area (Å²) in [6.07, 6.45) is 1.37. The second-order valence-corrected chi connectivity index (χ2v) is 10.7. The first-order chi connectivity index (χ1) is 13.5. The summed E-state index contributed by atoms with van der Waals surface area (Å²) in [4.78, 5) is -0.0582. The third-order valence-electron chi connectivity index (χ3n) is 4.73. The Morgan fingerprint density at radius 2 is 1.45 bits per heavy atom. The molecule has 0 atom stereocenters. The standard InChI is InChI=1S/C19H22F2N2O4S2/c1-13-11-15(20)3-7-18(13)28(24,25)22-9-10-23(17-5-6-17)29(26,27)19-8-4-16(21)12-14(19)2/h3-4,7-8,11-12,17,22H,5-6,9-10H2,1-2H3. The number of rotatable bonds is 8. The van der Waals surface area contributed by atoms with E-state index in [0.29, 0.717) is 12.8 Å². The molecule has 1 aliphatic rings. The van der Waals surface area contributed by atoms with E-state index in [1.807, 2.05) is 0 Å². The second-order valence-electron chi connectivity index (χ2n) is 7.06. The Hall–Kier alpha value is -1.88. The highest BCUT2D eigenvalue weighted by Gasteiger charge is 2.38. The molecule has 2 aromatic carbocycles. The Morgan fingerprint density at radius 1 is 0.931 bits per heavy atom. The molecule has 1 saturated carbocycles. The van der Waals surface area contributed by atoms with Crippen LogP contribution < -0.4 is 4.72 Å². The molecule has 0 saturated heterocycles. The van der Waals surface area contributed by atoms with Crippen molar-refractivity contribution in [1.29, 1.82) is 0 Å². The maximum Gasteiger partial charge on any atom is 0.243 e. The summed E-state index contributed by atoms with van der Waals surface area (Å²) in [6.45, 7) is 2.79. The molecular weight excluding hydrogens is 422 g/mol. The van der Waals surface area contributed by atoms with Crippen LogP contribution in [-0.4, -0.2) is 40.3 Å².